The van der Waals surface area contributed by atoms with Gasteiger partial charge in [-0.25, -0.2) is 0 Å². The Hall–Kier alpha value is -0.900. The van der Waals surface area contributed by atoms with E-state index in [2.05, 4.69) is 34.5 Å². The maximum atomic E-state index is 10.3. The fourth-order valence-corrected chi connectivity index (χ4v) is 3.18. The van der Waals surface area contributed by atoms with E-state index in [0.29, 0.717) is 5.92 Å². The molecular formula is C15H22N2O. The topological polar surface area (TPSA) is 35.5 Å². The number of β-amino-alcohol motifs (C(OH)–C–C–N with tert-alkyl or cyclic N) is 1. The highest BCUT2D eigenvalue weighted by Gasteiger charge is 2.26. The molecule has 0 spiro atoms. The summed E-state index contributed by atoms with van der Waals surface area (Å²) >= 11 is 0. The van der Waals surface area contributed by atoms with E-state index in [4.69, 9.17) is 0 Å². The van der Waals surface area contributed by atoms with Crippen LogP contribution < -0.4 is 5.32 Å². The number of benzene rings is 1. The van der Waals surface area contributed by atoms with Crippen molar-refractivity contribution in [2.75, 3.05) is 19.6 Å². The number of hydrogen-bond acceptors (Lipinski definition) is 3. The first-order valence-corrected chi connectivity index (χ1v) is 7.01. The SMILES string of the molecule is OC(CN1Cc2ccccc2C1)C1CCNCC1. The predicted octanol–water partition coefficient (Wildman–Crippen LogP) is 1.36. The van der Waals surface area contributed by atoms with Crippen LogP contribution in [0.15, 0.2) is 24.3 Å². The van der Waals surface area contributed by atoms with Gasteiger partial charge in [0, 0.05) is 19.6 Å². The van der Waals surface area contributed by atoms with Gasteiger partial charge in [-0.15, -0.1) is 0 Å². The van der Waals surface area contributed by atoms with Crippen LogP contribution in [-0.4, -0.2) is 35.7 Å². The van der Waals surface area contributed by atoms with Crippen molar-refractivity contribution in [3.05, 3.63) is 35.4 Å². The smallest absolute Gasteiger partial charge is 0.0696 e. The second-order valence-corrected chi connectivity index (χ2v) is 5.59. The Labute approximate surface area is 109 Å². The molecule has 3 heteroatoms. The van der Waals surface area contributed by atoms with E-state index in [0.717, 1.165) is 45.6 Å². The first kappa shape index (κ1) is 12.2. The van der Waals surface area contributed by atoms with Gasteiger partial charge in [-0.2, -0.15) is 0 Å². The summed E-state index contributed by atoms with van der Waals surface area (Å²) in [6.07, 6.45) is 2.06. The summed E-state index contributed by atoms with van der Waals surface area (Å²) in [6, 6.07) is 8.61. The van der Waals surface area contributed by atoms with Crippen LogP contribution in [0.25, 0.3) is 0 Å². The van der Waals surface area contributed by atoms with Crippen LogP contribution in [0.5, 0.6) is 0 Å². The lowest BCUT2D eigenvalue weighted by atomic mass is 9.92. The minimum atomic E-state index is -0.165. The van der Waals surface area contributed by atoms with Crippen LogP contribution in [0, 0.1) is 5.92 Å². The van der Waals surface area contributed by atoms with Crippen LogP contribution in [0.3, 0.4) is 0 Å². The van der Waals surface area contributed by atoms with Crippen LogP contribution >= 0.6 is 0 Å². The Kier molecular flexibility index (Phi) is 3.64. The number of hydrogen-bond donors (Lipinski definition) is 2. The molecule has 0 radical (unpaired) electrons. The van der Waals surface area contributed by atoms with Gasteiger partial charge in [-0.1, -0.05) is 24.3 Å². The van der Waals surface area contributed by atoms with Gasteiger partial charge in [0.25, 0.3) is 0 Å². The summed E-state index contributed by atoms with van der Waals surface area (Å²) in [4.78, 5) is 2.37. The van der Waals surface area contributed by atoms with Crippen LogP contribution in [0.1, 0.15) is 24.0 Å². The van der Waals surface area contributed by atoms with Gasteiger partial charge in [-0.3, -0.25) is 4.90 Å². The van der Waals surface area contributed by atoms with Gasteiger partial charge >= 0.3 is 0 Å². The van der Waals surface area contributed by atoms with Crippen molar-refractivity contribution in [3.8, 4) is 0 Å². The predicted molar refractivity (Wildman–Crippen MR) is 72.2 cm³/mol. The number of fused-ring (bicyclic) bond motifs is 1. The molecule has 1 aromatic carbocycles. The van der Waals surface area contributed by atoms with E-state index in [1.54, 1.807) is 0 Å². The maximum Gasteiger partial charge on any atom is 0.0696 e. The van der Waals surface area contributed by atoms with Gasteiger partial charge < -0.3 is 10.4 Å². The minimum Gasteiger partial charge on any atom is -0.392 e. The number of aliphatic hydroxyl groups excluding tert-OH is 1. The molecule has 18 heavy (non-hydrogen) atoms. The van der Waals surface area contributed by atoms with Gasteiger partial charge in [0.05, 0.1) is 6.10 Å². The Morgan fingerprint density at radius 1 is 1.17 bits per heavy atom. The van der Waals surface area contributed by atoms with Crippen molar-refractivity contribution < 1.29 is 5.11 Å². The van der Waals surface area contributed by atoms with Crippen molar-refractivity contribution in [1.82, 2.24) is 10.2 Å². The first-order chi connectivity index (χ1) is 8.83. The number of nitrogens with one attached hydrogen (secondary N) is 1. The van der Waals surface area contributed by atoms with Gasteiger partial charge in [0.2, 0.25) is 0 Å². The Morgan fingerprint density at radius 3 is 2.39 bits per heavy atom. The molecule has 3 nitrogen and oxygen atoms in total. The molecule has 2 aliphatic rings. The zero-order valence-electron chi connectivity index (χ0n) is 10.8. The third-order valence-corrected chi connectivity index (χ3v) is 4.28. The summed E-state index contributed by atoms with van der Waals surface area (Å²) in [7, 11) is 0. The molecule has 0 saturated carbocycles. The van der Waals surface area contributed by atoms with E-state index in [1.165, 1.54) is 11.1 Å². The molecule has 2 aliphatic heterocycles. The Bertz CT molecular complexity index is 376. The molecule has 2 N–H and O–H groups in total. The molecule has 1 aromatic rings. The second-order valence-electron chi connectivity index (χ2n) is 5.59. The minimum absolute atomic E-state index is 0.165. The first-order valence-electron chi connectivity index (χ1n) is 7.01. The standard InChI is InChI=1S/C15H22N2O/c18-15(12-5-7-16-8-6-12)11-17-9-13-3-1-2-4-14(13)10-17/h1-4,12,15-16,18H,5-11H2. The number of nitrogens with zero attached hydrogens (tertiary/aromatic N) is 1. The van der Waals surface area contributed by atoms with Gasteiger partial charge in [0.1, 0.15) is 0 Å². The highest BCUT2D eigenvalue weighted by molar-refractivity contribution is 5.30. The summed E-state index contributed by atoms with van der Waals surface area (Å²) in [5.41, 5.74) is 2.85. The third kappa shape index (κ3) is 2.58. The second kappa shape index (κ2) is 5.39. The van der Waals surface area contributed by atoms with Gasteiger partial charge in [0.15, 0.2) is 0 Å². The average Bonchev–Trinajstić information content (AvgIpc) is 2.82. The zero-order valence-corrected chi connectivity index (χ0v) is 10.8. The van der Waals surface area contributed by atoms with Crippen molar-refractivity contribution >= 4 is 0 Å². The lowest BCUT2D eigenvalue weighted by Crippen LogP contribution is -2.39. The van der Waals surface area contributed by atoms with E-state index >= 15 is 0 Å². The molecule has 1 saturated heterocycles. The highest BCUT2D eigenvalue weighted by atomic mass is 16.3. The van der Waals surface area contributed by atoms with Crippen molar-refractivity contribution in [2.24, 2.45) is 5.92 Å². The molecule has 98 valence electrons. The summed E-state index contributed by atoms with van der Waals surface area (Å²) in [6.45, 7) is 4.93. The lowest BCUT2D eigenvalue weighted by molar-refractivity contribution is 0.0494. The fourth-order valence-electron chi connectivity index (χ4n) is 3.18. The molecule has 1 atom stereocenters. The molecule has 2 heterocycles. The lowest BCUT2D eigenvalue weighted by Gasteiger charge is -2.29. The molecule has 3 rings (SSSR count). The van der Waals surface area contributed by atoms with Crippen molar-refractivity contribution in [2.45, 2.75) is 32.0 Å². The van der Waals surface area contributed by atoms with E-state index in [1.807, 2.05) is 0 Å². The molecule has 0 aliphatic carbocycles. The largest absolute Gasteiger partial charge is 0.392 e. The summed E-state index contributed by atoms with van der Waals surface area (Å²) in [5.74, 6) is 0.481. The number of aliphatic hydroxyl groups is 1. The molecule has 0 bridgehead atoms. The molecule has 1 unspecified atom stereocenters. The maximum absolute atomic E-state index is 10.3. The number of piperidine rings is 1. The number of rotatable bonds is 3. The normalized spacial score (nSPS) is 22.9. The van der Waals surface area contributed by atoms with E-state index in [9.17, 15) is 5.11 Å². The highest BCUT2D eigenvalue weighted by Crippen LogP contribution is 2.24. The zero-order chi connectivity index (χ0) is 12.4. The Morgan fingerprint density at radius 2 is 1.78 bits per heavy atom. The third-order valence-electron chi connectivity index (χ3n) is 4.28. The van der Waals surface area contributed by atoms with Crippen molar-refractivity contribution in [1.29, 1.82) is 0 Å². The fraction of sp³-hybridized carbons (Fsp3) is 0.600. The summed E-state index contributed by atoms with van der Waals surface area (Å²) < 4.78 is 0. The van der Waals surface area contributed by atoms with E-state index in [-0.39, 0.29) is 6.10 Å². The quantitative estimate of drug-likeness (QED) is 0.845. The van der Waals surface area contributed by atoms with Crippen LogP contribution in [-0.2, 0) is 13.1 Å². The summed E-state index contributed by atoms with van der Waals surface area (Å²) in [5, 5.41) is 13.7. The molecule has 0 aromatic heterocycles. The van der Waals surface area contributed by atoms with Crippen molar-refractivity contribution in [3.63, 3.8) is 0 Å². The van der Waals surface area contributed by atoms with Crippen LogP contribution in [0.2, 0.25) is 0 Å². The van der Waals surface area contributed by atoms with E-state index < -0.39 is 0 Å². The molecule has 0 amide bonds. The van der Waals surface area contributed by atoms with Gasteiger partial charge in [-0.05, 0) is 43.0 Å². The Balaban J connectivity index is 1.55. The van der Waals surface area contributed by atoms with Crippen LogP contribution in [0.4, 0.5) is 0 Å². The molecular weight excluding hydrogens is 224 g/mol. The average molecular weight is 246 g/mol. The molecule has 1 fully saturated rings. The monoisotopic (exact) mass is 246 g/mol.